The molecule has 0 aromatic carbocycles. The van der Waals surface area contributed by atoms with E-state index in [0.717, 1.165) is 25.9 Å². The second-order valence-corrected chi connectivity index (χ2v) is 6.66. The summed E-state index contributed by atoms with van der Waals surface area (Å²) in [7, 11) is 4.06. The first-order valence-electron chi connectivity index (χ1n) is 6.95. The van der Waals surface area contributed by atoms with E-state index >= 15 is 0 Å². The highest BCUT2D eigenvalue weighted by Crippen LogP contribution is 2.59. The number of amides is 1. The van der Waals surface area contributed by atoms with Crippen LogP contribution in [0.25, 0.3) is 0 Å². The first-order chi connectivity index (χ1) is 8.76. The molecule has 19 heavy (non-hydrogen) atoms. The number of aliphatic carboxylic acids is 1. The fraction of sp³-hybridized carbons (Fsp3) is 0.857. The van der Waals surface area contributed by atoms with E-state index in [2.05, 4.69) is 4.90 Å². The number of rotatable bonds is 3. The molecule has 1 amide bonds. The van der Waals surface area contributed by atoms with Gasteiger partial charge in [0, 0.05) is 19.1 Å². The van der Waals surface area contributed by atoms with Crippen LogP contribution in [0.1, 0.15) is 26.7 Å². The van der Waals surface area contributed by atoms with Gasteiger partial charge in [-0.25, -0.2) is 0 Å². The van der Waals surface area contributed by atoms with Crippen LogP contribution in [0.3, 0.4) is 0 Å². The van der Waals surface area contributed by atoms with Crippen LogP contribution in [-0.4, -0.2) is 60.0 Å². The number of piperidine rings is 1. The van der Waals surface area contributed by atoms with Crippen molar-refractivity contribution in [1.82, 2.24) is 9.80 Å². The van der Waals surface area contributed by atoms with Crippen LogP contribution in [-0.2, 0) is 9.59 Å². The number of carbonyl (C=O) groups excluding carboxylic acids is 1. The summed E-state index contributed by atoms with van der Waals surface area (Å²) >= 11 is 0. The predicted molar refractivity (Wildman–Crippen MR) is 71.7 cm³/mol. The number of carboxylic acids is 1. The number of likely N-dealkylation sites (N-methyl/N-ethyl adjacent to an activating group) is 1. The highest BCUT2D eigenvalue weighted by Gasteiger charge is 2.66. The van der Waals surface area contributed by atoms with Gasteiger partial charge in [0.15, 0.2) is 0 Å². The lowest BCUT2D eigenvalue weighted by Crippen LogP contribution is -2.48. The Balaban J connectivity index is 2.03. The zero-order valence-corrected chi connectivity index (χ0v) is 12.2. The highest BCUT2D eigenvalue weighted by molar-refractivity contribution is 5.91. The molecule has 2 rings (SSSR count). The molecule has 1 aliphatic carbocycles. The van der Waals surface area contributed by atoms with Crippen molar-refractivity contribution in [2.24, 2.45) is 17.3 Å². The first-order valence-corrected chi connectivity index (χ1v) is 6.95. The van der Waals surface area contributed by atoms with Crippen molar-refractivity contribution in [3.63, 3.8) is 0 Å². The minimum absolute atomic E-state index is 0.0314. The Kier molecular flexibility index (Phi) is 3.60. The number of hydrogen-bond acceptors (Lipinski definition) is 3. The Morgan fingerprint density at radius 3 is 2.37 bits per heavy atom. The third-order valence-corrected chi connectivity index (χ3v) is 4.80. The Bertz CT molecular complexity index is 392. The van der Waals surface area contributed by atoms with Crippen LogP contribution in [0.5, 0.6) is 0 Å². The fourth-order valence-corrected chi connectivity index (χ4v) is 3.33. The zero-order valence-electron chi connectivity index (χ0n) is 12.2. The maximum atomic E-state index is 12.5. The molecule has 3 atom stereocenters. The van der Waals surface area contributed by atoms with Crippen LogP contribution >= 0.6 is 0 Å². The normalized spacial score (nSPS) is 33.3. The number of carbonyl (C=O) groups is 2. The summed E-state index contributed by atoms with van der Waals surface area (Å²) in [6.07, 6.45) is 2.10. The molecular weight excluding hydrogens is 244 g/mol. The molecule has 1 aliphatic heterocycles. The number of nitrogens with zero attached hydrogens (tertiary/aromatic N) is 2. The lowest BCUT2D eigenvalue weighted by molar-refractivity contribution is -0.142. The molecule has 1 saturated heterocycles. The summed E-state index contributed by atoms with van der Waals surface area (Å²) in [4.78, 5) is 27.7. The maximum absolute atomic E-state index is 12.5. The van der Waals surface area contributed by atoms with Crippen molar-refractivity contribution in [3.05, 3.63) is 0 Å². The van der Waals surface area contributed by atoms with E-state index in [1.165, 1.54) is 0 Å². The topological polar surface area (TPSA) is 60.9 Å². The number of hydrogen-bond donors (Lipinski definition) is 1. The average molecular weight is 268 g/mol. The van der Waals surface area contributed by atoms with E-state index < -0.39 is 17.3 Å². The fourth-order valence-electron chi connectivity index (χ4n) is 3.33. The molecule has 0 aromatic heterocycles. The molecule has 0 radical (unpaired) electrons. The second kappa shape index (κ2) is 4.78. The van der Waals surface area contributed by atoms with Crippen LogP contribution in [0.2, 0.25) is 0 Å². The Morgan fingerprint density at radius 1 is 1.26 bits per heavy atom. The molecule has 1 saturated carbocycles. The third-order valence-electron chi connectivity index (χ3n) is 4.80. The van der Waals surface area contributed by atoms with Crippen molar-refractivity contribution >= 4 is 11.9 Å². The van der Waals surface area contributed by atoms with E-state index in [0.29, 0.717) is 6.04 Å². The van der Waals surface area contributed by atoms with Crippen LogP contribution in [0.15, 0.2) is 0 Å². The lowest BCUT2D eigenvalue weighted by Gasteiger charge is -2.36. The summed E-state index contributed by atoms with van der Waals surface area (Å²) in [5.41, 5.74) is -0.395. The molecule has 5 heteroatoms. The Morgan fingerprint density at radius 2 is 1.89 bits per heavy atom. The van der Waals surface area contributed by atoms with Gasteiger partial charge in [0.2, 0.25) is 5.91 Å². The molecular formula is C14H24N2O3. The monoisotopic (exact) mass is 268 g/mol. The van der Waals surface area contributed by atoms with Crippen molar-refractivity contribution < 1.29 is 14.7 Å². The van der Waals surface area contributed by atoms with Gasteiger partial charge in [-0.2, -0.15) is 0 Å². The van der Waals surface area contributed by atoms with Gasteiger partial charge >= 0.3 is 5.97 Å². The van der Waals surface area contributed by atoms with Gasteiger partial charge in [0.1, 0.15) is 0 Å². The molecule has 0 aromatic rings. The minimum atomic E-state index is -0.843. The van der Waals surface area contributed by atoms with E-state index in [1.54, 1.807) is 0 Å². The predicted octanol–water partition coefficient (Wildman–Crippen LogP) is 0.896. The smallest absolute Gasteiger partial charge is 0.307 e. The van der Waals surface area contributed by atoms with E-state index in [4.69, 9.17) is 5.11 Å². The largest absolute Gasteiger partial charge is 0.481 e. The molecule has 1 N–H and O–H groups in total. The van der Waals surface area contributed by atoms with E-state index in [1.807, 2.05) is 32.8 Å². The molecule has 2 fully saturated rings. The van der Waals surface area contributed by atoms with Gasteiger partial charge in [-0.3, -0.25) is 9.59 Å². The molecule has 108 valence electrons. The number of likely N-dealkylation sites (tertiary alicyclic amines) is 1. The lowest BCUT2D eigenvalue weighted by atomic mass is 10.0. The Hall–Kier alpha value is -1.10. The van der Waals surface area contributed by atoms with Gasteiger partial charge in [-0.15, -0.1) is 0 Å². The maximum Gasteiger partial charge on any atom is 0.307 e. The molecule has 2 aliphatic rings. The van der Waals surface area contributed by atoms with Crippen molar-refractivity contribution in [3.8, 4) is 0 Å². The van der Waals surface area contributed by atoms with Crippen LogP contribution in [0, 0.1) is 17.3 Å². The van der Waals surface area contributed by atoms with Crippen LogP contribution in [0.4, 0.5) is 0 Å². The quantitative estimate of drug-likeness (QED) is 0.826. The summed E-state index contributed by atoms with van der Waals surface area (Å²) < 4.78 is 0. The van der Waals surface area contributed by atoms with Crippen molar-refractivity contribution in [2.45, 2.75) is 32.7 Å². The molecule has 0 bridgehead atoms. The highest BCUT2D eigenvalue weighted by atomic mass is 16.4. The standard InChI is InChI=1S/C14H24N2O3/c1-14(2)10(11(14)13(18)19)12(17)16-7-5-6-9(8-16)15(3)4/h9-11H,5-8H2,1-4H3,(H,18,19). The number of carboxylic acid groups (broad SMARTS) is 1. The summed E-state index contributed by atoms with van der Waals surface area (Å²) in [5.74, 6) is -1.67. The molecule has 0 spiro atoms. The summed E-state index contributed by atoms with van der Waals surface area (Å²) in [5, 5.41) is 9.17. The minimum Gasteiger partial charge on any atom is -0.481 e. The molecule has 1 heterocycles. The van der Waals surface area contributed by atoms with E-state index in [-0.39, 0.29) is 11.8 Å². The molecule has 3 unspecified atom stereocenters. The second-order valence-electron chi connectivity index (χ2n) is 6.66. The van der Waals surface area contributed by atoms with Gasteiger partial charge in [-0.05, 0) is 32.4 Å². The first kappa shape index (κ1) is 14.3. The summed E-state index contributed by atoms with van der Waals surface area (Å²) in [6, 6.07) is 0.392. The average Bonchev–Trinajstić information content (AvgIpc) is 2.91. The van der Waals surface area contributed by atoms with Crippen molar-refractivity contribution in [1.29, 1.82) is 0 Å². The van der Waals surface area contributed by atoms with Gasteiger partial charge in [0.05, 0.1) is 11.8 Å². The van der Waals surface area contributed by atoms with Crippen molar-refractivity contribution in [2.75, 3.05) is 27.2 Å². The Labute approximate surface area is 114 Å². The van der Waals surface area contributed by atoms with E-state index in [9.17, 15) is 9.59 Å². The SMILES string of the molecule is CN(C)C1CCCN(C(=O)C2C(C(=O)O)C2(C)C)C1. The van der Waals surface area contributed by atoms with Gasteiger partial charge < -0.3 is 14.9 Å². The zero-order chi connectivity index (χ0) is 14.4. The molecule has 5 nitrogen and oxygen atoms in total. The summed E-state index contributed by atoms with van der Waals surface area (Å²) in [6.45, 7) is 5.25. The van der Waals surface area contributed by atoms with Gasteiger partial charge in [0.25, 0.3) is 0 Å². The van der Waals surface area contributed by atoms with Crippen LogP contribution < -0.4 is 0 Å². The third kappa shape index (κ3) is 2.48. The van der Waals surface area contributed by atoms with Gasteiger partial charge in [-0.1, -0.05) is 13.8 Å².